The zero-order valence-electron chi connectivity index (χ0n) is 11.1. The van der Waals surface area contributed by atoms with Crippen molar-refractivity contribution in [2.24, 2.45) is 0 Å². The first-order valence-corrected chi connectivity index (χ1v) is 5.53. The number of carbonyl (C=O) groups excluding carboxylic acids is 2. The molecule has 2 rings (SSSR count). The fourth-order valence-electron chi connectivity index (χ4n) is 2.07. The summed E-state index contributed by atoms with van der Waals surface area (Å²) >= 11 is 0. The van der Waals surface area contributed by atoms with E-state index in [1.165, 1.54) is 11.1 Å². The van der Waals surface area contributed by atoms with Crippen molar-refractivity contribution in [1.82, 2.24) is 4.90 Å². The fraction of sp³-hybridized carbons (Fsp3) is 0.385. The van der Waals surface area contributed by atoms with Gasteiger partial charge in [0.05, 0.1) is 0 Å². The van der Waals surface area contributed by atoms with E-state index in [9.17, 15) is 9.59 Å². The minimum atomic E-state index is 0. The summed E-state index contributed by atoms with van der Waals surface area (Å²) in [5.74, 6) is 0.0966. The average molecular weight is 351 g/mol. The van der Waals surface area contributed by atoms with Gasteiger partial charge < -0.3 is 42.1 Å². The fourth-order valence-corrected chi connectivity index (χ4v) is 2.07. The van der Waals surface area contributed by atoms with Gasteiger partial charge in [-0.05, 0) is 37.0 Å². The van der Waals surface area contributed by atoms with E-state index in [0.717, 1.165) is 37.9 Å². The number of halogens is 3. The Labute approximate surface area is 148 Å². The number of ketones is 1. The topological polar surface area (TPSA) is 37.4 Å². The second-order valence-corrected chi connectivity index (χ2v) is 4.18. The van der Waals surface area contributed by atoms with E-state index in [4.69, 9.17) is 0 Å². The Morgan fingerprint density at radius 3 is 2.15 bits per heavy atom. The van der Waals surface area contributed by atoms with Gasteiger partial charge in [0.1, 0.15) is 0 Å². The van der Waals surface area contributed by atoms with Gasteiger partial charge in [-0.15, -0.1) is 0 Å². The first-order chi connectivity index (χ1) is 7.70. The molecule has 1 amide bonds. The zero-order chi connectivity index (χ0) is 11.5. The minimum Gasteiger partial charge on any atom is -1.00 e. The van der Waals surface area contributed by atoms with E-state index in [0.29, 0.717) is 0 Å². The van der Waals surface area contributed by atoms with Gasteiger partial charge in [-0.25, -0.2) is 0 Å². The molecule has 108 valence electrons. The van der Waals surface area contributed by atoms with E-state index in [1.807, 2.05) is 18.2 Å². The Balaban J connectivity index is -0.000000722. The number of hydrogen-bond acceptors (Lipinski definition) is 2. The molecule has 3 nitrogen and oxygen atoms in total. The molecule has 1 aliphatic heterocycles. The van der Waals surface area contributed by atoms with Crippen molar-refractivity contribution in [1.29, 1.82) is 0 Å². The van der Waals surface area contributed by atoms with Crippen LogP contribution in [0, 0.1) is 0 Å². The molecule has 0 aromatic heterocycles. The van der Waals surface area contributed by atoms with E-state index in [-0.39, 0.29) is 60.4 Å². The predicted octanol–water partition coefficient (Wildman–Crippen LogP) is -7.92. The van der Waals surface area contributed by atoms with Crippen LogP contribution in [0.4, 0.5) is 0 Å². The second-order valence-electron chi connectivity index (χ2n) is 4.18. The number of rotatable bonds is 2. The maximum Gasteiger partial charge on any atom is 3.00 e. The minimum absolute atomic E-state index is 0. The average Bonchev–Trinajstić information content (AvgIpc) is 2.50. The van der Waals surface area contributed by atoms with Gasteiger partial charge in [0.15, 0.2) is 5.78 Å². The number of Topliss-reactive ketones (excluding diaryl/α,β-unsaturated/α-hetero) is 1. The number of amides is 1. The van der Waals surface area contributed by atoms with Crippen LogP contribution in [0.15, 0.2) is 18.2 Å². The zero-order valence-corrected chi connectivity index (χ0v) is 14.5. The maximum absolute atomic E-state index is 11.3. The van der Waals surface area contributed by atoms with Crippen molar-refractivity contribution < 1.29 is 46.8 Å². The predicted molar refractivity (Wildman–Crippen MR) is 67.2 cm³/mol. The third-order valence-corrected chi connectivity index (χ3v) is 3.10. The number of hydrogen-bond donors (Lipinski definition) is 0. The monoisotopic (exact) mass is 349 g/mol. The Kier molecular flexibility index (Phi) is 14.1. The quantitative estimate of drug-likeness (QED) is 0.302. The summed E-state index contributed by atoms with van der Waals surface area (Å²) < 4.78 is 0. The number of fused-ring (bicyclic) bond motifs is 1. The van der Waals surface area contributed by atoms with Gasteiger partial charge in [0.25, 0.3) is 0 Å². The summed E-state index contributed by atoms with van der Waals surface area (Å²) in [7, 11) is 0. The van der Waals surface area contributed by atoms with Crippen molar-refractivity contribution >= 4 is 29.6 Å². The summed E-state index contributed by atoms with van der Waals surface area (Å²) in [5, 5.41) is 0. The molecule has 0 radical (unpaired) electrons. The molecule has 1 aliphatic rings. The van der Waals surface area contributed by atoms with E-state index in [2.05, 4.69) is 0 Å². The number of carbonyl (C=O) groups is 2. The van der Waals surface area contributed by atoms with Gasteiger partial charge in [-0.2, -0.15) is 0 Å². The molecule has 20 heavy (non-hydrogen) atoms. The molecule has 7 heteroatoms. The van der Waals surface area contributed by atoms with Gasteiger partial charge in [0, 0.05) is 18.7 Å². The molecule has 0 unspecified atom stereocenters. The molecule has 0 saturated heterocycles. The molecule has 0 N–H and O–H groups in total. The van der Waals surface area contributed by atoms with Crippen molar-refractivity contribution in [3.8, 4) is 0 Å². The van der Waals surface area contributed by atoms with Crippen LogP contribution in [-0.4, -0.2) is 47.5 Å². The summed E-state index contributed by atoms with van der Waals surface area (Å²) in [5.41, 5.74) is 3.23. The normalized spacial score (nSPS) is 12.2. The first-order valence-electron chi connectivity index (χ1n) is 5.53. The van der Waals surface area contributed by atoms with Crippen LogP contribution in [0.2, 0.25) is 0 Å². The van der Waals surface area contributed by atoms with Crippen molar-refractivity contribution in [2.45, 2.75) is 19.8 Å². The number of benzene rings is 1. The van der Waals surface area contributed by atoms with Crippen molar-refractivity contribution in [2.75, 3.05) is 13.1 Å². The molecule has 0 atom stereocenters. The largest absolute Gasteiger partial charge is 3.00 e. The summed E-state index contributed by atoms with van der Waals surface area (Å²) in [6.07, 6.45) is 2.62. The van der Waals surface area contributed by atoms with Crippen molar-refractivity contribution in [3.63, 3.8) is 0 Å². The first kappa shape index (κ1) is 24.8. The molecule has 1 aromatic rings. The molecular formula is C13H15AlCl3NO2. The molecule has 0 saturated carbocycles. The molecule has 1 heterocycles. The standard InChI is InChI=1S/C13H15NO2.Al.3ClH/c1-10(16)12-3-2-11-4-6-14(9-15)7-5-13(11)8-12;;;;/h2-3,8-9H,4-7H2,1H3;;3*1H/q;+3;;;/p-3. The van der Waals surface area contributed by atoms with Crippen LogP contribution in [0.25, 0.3) is 0 Å². The van der Waals surface area contributed by atoms with Gasteiger partial charge in [-0.1, -0.05) is 12.1 Å². The van der Waals surface area contributed by atoms with Crippen LogP contribution in [0.3, 0.4) is 0 Å². The Morgan fingerprint density at radius 1 is 1.10 bits per heavy atom. The SMILES string of the molecule is CC(=O)c1ccc2c(c1)CCN(C=O)CC2.[Al+3].[Cl-].[Cl-].[Cl-]. The van der Waals surface area contributed by atoms with Gasteiger partial charge >= 0.3 is 17.4 Å². The van der Waals surface area contributed by atoms with Crippen LogP contribution in [0.5, 0.6) is 0 Å². The van der Waals surface area contributed by atoms with Gasteiger partial charge in [0.2, 0.25) is 6.41 Å². The van der Waals surface area contributed by atoms with E-state index < -0.39 is 0 Å². The maximum atomic E-state index is 11.3. The second kappa shape index (κ2) is 11.4. The van der Waals surface area contributed by atoms with Crippen molar-refractivity contribution in [3.05, 3.63) is 34.9 Å². The Hall–Kier alpha value is -0.238. The molecule has 0 bridgehead atoms. The molecule has 0 aliphatic carbocycles. The summed E-state index contributed by atoms with van der Waals surface area (Å²) in [6, 6.07) is 5.85. The summed E-state index contributed by atoms with van der Waals surface area (Å²) in [4.78, 5) is 23.8. The van der Waals surface area contributed by atoms with Crippen LogP contribution < -0.4 is 37.2 Å². The Bertz CT molecular complexity index is 444. The summed E-state index contributed by atoms with van der Waals surface area (Å²) in [6.45, 7) is 3.10. The Morgan fingerprint density at radius 2 is 1.65 bits per heavy atom. The molecular weight excluding hydrogens is 335 g/mol. The molecule has 0 fully saturated rings. The third-order valence-electron chi connectivity index (χ3n) is 3.10. The van der Waals surface area contributed by atoms with Crippen LogP contribution >= 0.6 is 0 Å². The molecule has 1 aromatic carbocycles. The van der Waals surface area contributed by atoms with Crippen LogP contribution in [-0.2, 0) is 17.6 Å². The third kappa shape index (κ3) is 6.03. The smallest absolute Gasteiger partial charge is 1.00 e. The number of nitrogens with zero attached hydrogens (tertiary/aromatic N) is 1. The van der Waals surface area contributed by atoms with E-state index >= 15 is 0 Å². The van der Waals surface area contributed by atoms with Crippen LogP contribution in [0.1, 0.15) is 28.4 Å². The van der Waals surface area contributed by atoms with E-state index in [1.54, 1.807) is 11.8 Å². The van der Waals surface area contributed by atoms with Gasteiger partial charge in [-0.3, -0.25) is 9.59 Å². The molecule has 0 spiro atoms.